The highest BCUT2D eigenvalue weighted by molar-refractivity contribution is 9.10. The van der Waals surface area contributed by atoms with E-state index in [1.165, 1.54) is 19.3 Å². The third-order valence-corrected chi connectivity index (χ3v) is 7.24. The zero-order valence-corrected chi connectivity index (χ0v) is 23.4. The highest BCUT2D eigenvalue weighted by atomic mass is 79.9. The summed E-state index contributed by atoms with van der Waals surface area (Å²) in [5, 5.41) is 7.21. The Bertz CT molecular complexity index is 1220. The van der Waals surface area contributed by atoms with E-state index in [1.54, 1.807) is 0 Å². The Morgan fingerprint density at radius 1 is 0.973 bits per heavy atom. The van der Waals surface area contributed by atoms with Crippen LogP contribution in [-0.4, -0.2) is 23.4 Å². The summed E-state index contributed by atoms with van der Waals surface area (Å²) in [6.07, 6.45) is 5.44. The maximum Gasteiger partial charge on any atom is 0.213 e. The quantitative estimate of drug-likeness (QED) is 0.232. The molecule has 0 saturated heterocycles. The molecule has 0 aromatic heterocycles. The Morgan fingerprint density at radius 3 is 2.46 bits per heavy atom. The molecule has 3 aromatic rings. The summed E-state index contributed by atoms with van der Waals surface area (Å²) in [4.78, 5) is 0. The van der Waals surface area contributed by atoms with Gasteiger partial charge in [0.2, 0.25) is 6.23 Å². The summed E-state index contributed by atoms with van der Waals surface area (Å²) in [5.41, 5.74) is 4.36. The lowest BCUT2D eigenvalue weighted by molar-refractivity contribution is -0.0191. The minimum atomic E-state index is -0.307. The Labute approximate surface area is 228 Å². The van der Waals surface area contributed by atoms with E-state index in [0.29, 0.717) is 0 Å². The Kier molecular flexibility index (Phi) is 8.04. The van der Waals surface area contributed by atoms with Crippen molar-refractivity contribution in [1.82, 2.24) is 5.01 Å². The number of ether oxygens (including phenoxy) is 3. The van der Waals surface area contributed by atoms with Gasteiger partial charge in [0.25, 0.3) is 0 Å². The van der Waals surface area contributed by atoms with Gasteiger partial charge in [-0.2, -0.15) is 5.10 Å². The van der Waals surface area contributed by atoms with Gasteiger partial charge < -0.3 is 14.2 Å². The van der Waals surface area contributed by atoms with E-state index in [4.69, 9.17) is 19.3 Å². The number of nitrogens with zero attached hydrogens (tertiary/aromatic N) is 2. The van der Waals surface area contributed by atoms with Gasteiger partial charge in [-0.15, -0.1) is 0 Å². The van der Waals surface area contributed by atoms with Gasteiger partial charge in [0.05, 0.1) is 24.5 Å². The fraction of sp³-hybridized carbons (Fsp3) is 0.387. The third-order valence-electron chi connectivity index (χ3n) is 6.74. The fourth-order valence-electron chi connectivity index (χ4n) is 4.90. The Morgan fingerprint density at radius 2 is 1.73 bits per heavy atom. The number of halogens is 1. The first-order valence-corrected chi connectivity index (χ1v) is 14.1. The molecule has 3 aromatic carbocycles. The van der Waals surface area contributed by atoms with Gasteiger partial charge in [-0.1, -0.05) is 42.1 Å². The zero-order valence-electron chi connectivity index (χ0n) is 21.8. The summed E-state index contributed by atoms with van der Waals surface area (Å²) in [7, 11) is 0. The van der Waals surface area contributed by atoms with Crippen LogP contribution in [-0.2, 0) is 0 Å². The summed E-state index contributed by atoms with van der Waals surface area (Å²) in [6.45, 7) is 7.05. The van der Waals surface area contributed by atoms with Crippen molar-refractivity contribution < 1.29 is 14.2 Å². The smallest absolute Gasteiger partial charge is 0.213 e. The molecule has 37 heavy (non-hydrogen) atoms. The molecule has 0 fully saturated rings. The minimum absolute atomic E-state index is 0.0994. The number of rotatable bonds is 10. The van der Waals surface area contributed by atoms with Crippen molar-refractivity contribution in [1.29, 1.82) is 0 Å². The number of hydrogen-bond donors (Lipinski definition) is 0. The van der Waals surface area contributed by atoms with Crippen LogP contribution in [0.3, 0.4) is 0 Å². The van der Waals surface area contributed by atoms with Crippen molar-refractivity contribution in [2.24, 2.45) is 5.10 Å². The van der Waals surface area contributed by atoms with Crippen LogP contribution < -0.4 is 14.2 Å². The lowest BCUT2D eigenvalue weighted by atomic mass is 9.96. The van der Waals surface area contributed by atoms with Gasteiger partial charge in [-0.25, -0.2) is 5.01 Å². The third kappa shape index (κ3) is 5.96. The topological polar surface area (TPSA) is 43.3 Å². The van der Waals surface area contributed by atoms with Gasteiger partial charge in [0.1, 0.15) is 17.2 Å². The largest absolute Gasteiger partial charge is 0.494 e. The average Bonchev–Trinajstić information content (AvgIpc) is 3.35. The molecule has 2 heterocycles. The number of unbranched alkanes of at least 4 members (excludes halogenated alkanes) is 3. The molecule has 0 radical (unpaired) electrons. The number of fused-ring (bicyclic) bond motifs is 3. The van der Waals surface area contributed by atoms with Gasteiger partial charge in [0, 0.05) is 22.0 Å². The Hall–Kier alpha value is -2.99. The van der Waals surface area contributed by atoms with E-state index in [-0.39, 0.29) is 18.4 Å². The van der Waals surface area contributed by atoms with Crippen molar-refractivity contribution in [2.75, 3.05) is 6.61 Å². The second kappa shape index (κ2) is 11.6. The molecule has 194 valence electrons. The van der Waals surface area contributed by atoms with Crippen LogP contribution in [0.25, 0.3) is 0 Å². The van der Waals surface area contributed by atoms with Gasteiger partial charge in [-0.05, 0) is 92.6 Å². The van der Waals surface area contributed by atoms with Crippen LogP contribution in [0, 0.1) is 0 Å². The predicted octanol–water partition coefficient (Wildman–Crippen LogP) is 8.44. The lowest BCUT2D eigenvalue weighted by Crippen LogP contribution is -2.33. The van der Waals surface area contributed by atoms with Crippen molar-refractivity contribution in [2.45, 2.75) is 71.2 Å². The molecule has 0 N–H and O–H groups in total. The molecule has 2 aliphatic heterocycles. The van der Waals surface area contributed by atoms with E-state index < -0.39 is 0 Å². The van der Waals surface area contributed by atoms with Crippen molar-refractivity contribution in [3.63, 3.8) is 0 Å². The van der Waals surface area contributed by atoms with Crippen molar-refractivity contribution in [3.05, 3.63) is 87.9 Å². The highest BCUT2D eigenvalue weighted by Gasteiger charge is 2.41. The molecule has 5 rings (SSSR count). The molecule has 2 aliphatic rings. The van der Waals surface area contributed by atoms with E-state index >= 15 is 0 Å². The molecule has 0 bridgehead atoms. The van der Waals surface area contributed by atoms with Crippen LogP contribution in [0.15, 0.2) is 76.3 Å². The summed E-state index contributed by atoms with van der Waals surface area (Å²) >= 11 is 3.64. The van der Waals surface area contributed by atoms with Gasteiger partial charge >= 0.3 is 0 Å². The number of hydrazone groups is 1. The summed E-state index contributed by atoms with van der Waals surface area (Å²) < 4.78 is 19.4. The Balaban J connectivity index is 1.38. The summed E-state index contributed by atoms with van der Waals surface area (Å²) in [5.74, 6) is 2.67. The van der Waals surface area contributed by atoms with Crippen molar-refractivity contribution in [3.8, 4) is 17.2 Å². The maximum absolute atomic E-state index is 6.54. The van der Waals surface area contributed by atoms with Crippen LogP contribution >= 0.6 is 15.9 Å². The normalized spacial score (nSPS) is 18.2. The lowest BCUT2D eigenvalue weighted by Gasteiger charge is -2.38. The molecule has 0 aliphatic carbocycles. The monoisotopic (exact) mass is 562 g/mol. The van der Waals surface area contributed by atoms with Gasteiger partial charge in [0.15, 0.2) is 0 Å². The van der Waals surface area contributed by atoms with Crippen LogP contribution in [0.5, 0.6) is 17.2 Å². The number of benzene rings is 3. The van der Waals surface area contributed by atoms with E-state index in [0.717, 1.165) is 63.6 Å². The predicted molar refractivity (Wildman–Crippen MR) is 152 cm³/mol. The second-order valence-electron chi connectivity index (χ2n) is 9.97. The molecular weight excluding hydrogens is 528 g/mol. The first-order valence-electron chi connectivity index (χ1n) is 13.3. The molecule has 5 nitrogen and oxygen atoms in total. The average molecular weight is 564 g/mol. The standard InChI is InChI=1S/C31H35BrN2O3/c1-4-5-6-7-18-35-25-13-10-23(11-14-25)31-34-29(27-19-24(32)12-17-30(27)37-31)20-28(33-34)22-8-15-26(16-9-22)36-21(2)3/h8-17,19,21,29,31H,4-7,18,20H2,1-3H3. The molecule has 2 unspecified atom stereocenters. The summed E-state index contributed by atoms with van der Waals surface area (Å²) in [6, 6.07) is 22.8. The van der Waals surface area contributed by atoms with E-state index in [9.17, 15) is 0 Å². The van der Waals surface area contributed by atoms with Crippen LogP contribution in [0.4, 0.5) is 0 Å². The van der Waals surface area contributed by atoms with Crippen molar-refractivity contribution >= 4 is 21.6 Å². The molecule has 0 saturated carbocycles. The SMILES string of the molecule is CCCCCCOc1ccc(C2Oc3ccc(Br)cc3C3CC(c4ccc(OC(C)C)cc4)=NN32)cc1. The zero-order chi connectivity index (χ0) is 25.8. The molecule has 0 amide bonds. The first kappa shape index (κ1) is 25.7. The first-order chi connectivity index (χ1) is 18.0. The number of hydrogen-bond acceptors (Lipinski definition) is 5. The molecule has 0 spiro atoms. The van der Waals surface area contributed by atoms with Gasteiger partial charge in [-0.3, -0.25) is 0 Å². The molecular formula is C31H35BrN2O3. The maximum atomic E-state index is 6.54. The highest BCUT2D eigenvalue weighted by Crippen LogP contribution is 2.48. The van der Waals surface area contributed by atoms with Crippen LogP contribution in [0.2, 0.25) is 0 Å². The minimum Gasteiger partial charge on any atom is -0.494 e. The fourth-order valence-corrected chi connectivity index (χ4v) is 5.28. The van der Waals surface area contributed by atoms with E-state index in [1.807, 2.05) is 50.2 Å². The molecule has 6 heteroatoms. The van der Waals surface area contributed by atoms with E-state index in [2.05, 4.69) is 58.2 Å². The molecule has 2 atom stereocenters. The second-order valence-corrected chi connectivity index (χ2v) is 10.9. The van der Waals surface area contributed by atoms with Crippen LogP contribution in [0.1, 0.15) is 81.8 Å².